The SMILES string of the molecule is COc1cccc(NC(=O)CN2CCOCC2CO)c1. The van der Waals surface area contributed by atoms with Crippen LogP contribution in [0.3, 0.4) is 0 Å². The molecule has 1 atom stereocenters. The number of nitrogens with one attached hydrogen (secondary N) is 1. The molecule has 1 heterocycles. The molecule has 6 nitrogen and oxygen atoms in total. The molecule has 0 spiro atoms. The van der Waals surface area contributed by atoms with Gasteiger partial charge in [0, 0.05) is 18.3 Å². The summed E-state index contributed by atoms with van der Waals surface area (Å²) in [6.45, 7) is 1.93. The van der Waals surface area contributed by atoms with Crippen LogP contribution in [0.5, 0.6) is 5.75 Å². The third-order valence-corrected chi connectivity index (χ3v) is 3.26. The molecule has 1 aromatic rings. The third-order valence-electron chi connectivity index (χ3n) is 3.26. The smallest absolute Gasteiger partial charge is 0.238 e. The van der Waals surface area contributed by atoms with Crippen LogP contribution in [-0.2, 0) is 9.53 Å². The van der Waals surface area contributed by atoms with Gasteiger partial charge < -0.3 is 19.9 Å². The lowest BCUT2D eigenvalue weighted by Gasteiger charge is -2.33. The first-order chi connectivity index (χ1) is 9.72. The Labute approximate surface area is 118 Å². The van der Waals surface area contributed by atoms with Crippen molar-refractivity contribution < 1.29 is 19.4 Å². The van der Waals surface area contributed by atoms with Crippen molar-refractivity contribution in [3.8, 4) is 5.75 Å². The summed E-state index contributed by atoms with van der Waals surface area (Å²) in [6.07, 6.45) is 0. The lowest BCUT2D eigenvalue weighted by molar-refractivity contribution is -0.120. The summed E-state index contributed by atoms with van der Waals surface area (Å²) >= 11 is 0. The van der Waals surface area contributed by atoms with Gasteiger partial charge in [-0.05, 0) is 12.1 Å². The van der Waals surface area contributed by atoms with Crippen molar-refractivity contribution in [1.29, 1.82) is 0 Å². The highest BCUT2D eigenvalue weighted by Crippen LogP contribution is 2.16. The van der Waals surface area contributed by atoms with Crippen molar-refractivity contribution in [2.45, 2.75) is 6.04 Å². The molecular formula is C14H20N2O4. The van der Waals surface area contributed by atoms with Gasteiger partial charge in [-0.2, -0.15) is 0 Å². The number of hydrogen-bond acceptors (Lipinski definition) is 5. The van der Waals surface area contributed by atoms with E-state index in [2.05, 4.69) is 5.32 Å². The average molecular weight is 280 g/mol. The molecule has 0 saturated carbocycles. The summed E-state index contributed by atoms with van der Waals surface area (Å²) < 4.78 is 10.4. The van der Waals surface area contributed by atoms with Crippen molar-refractivity contribution in [2.24, 2.45) is 0 Å². The Balaban J connectivity index is 1.90. The summed E-state index contributed by atoms with van der Waals surface area (Å²) in [6, 6.07) is 7.10. The predicted octanol–water partition coefficient (Wildman–Crippen LogP) is 0.327. The molecule has 0 aromatic heterocycles. The number of aliphatic hydroxyl groups is 1. The first kappa shape index (κ1) is 14.8. The van der Waals surface area contributed by atoms with Gasteiger partial charge in [0.2, 0.25) is 5.91 Å². The van der Waals surface area contributed by atoms with E-state index in [0.29, 0.717) is 31.2 Å². The lowest BCUT2D eigenvalue weighted by Crippen LogP contribution is -2.50. The molecule has 0 aliphatic carbocycles. The molecule has 0 radical (unpaired) electrons. The molecule has 1 amide bonds. The van der Waals surface area contributed by atoms with Crippen LogP contribution >= 0.6 is 0 Å². The molecular weight excluding hydrogens is 260 g/mol. The number of methoxy groups -OCH3 is 1. The first-order valence-corrected chi connectivity index (χ1v) is 6.59. The third kappa shape index (κ3) is 3.93. The van der Waals surface area contributed by atoms with E-state index < -0.39 is 0 Å². The Kier molecular flexibility index (Phi) is 5.34. The fraction of sp³-hybridized carbons (Fsp3) is 0.500. The maximum absolute atomic E-state index is 12.0. The van der Waals surface area contributed by atoms with Crippen LogP contribution in [-0.4, -0.2) is 62.0 Å². The molecule has 2 rings (SSSR count). The minimum atomic E-state index is -0.112. The van der Waals surface area contributed by atoms with Crippen LogP contribution in [0.2, 0.25) is 0 Å². The molecule has 2 N–H and O–H groups in total. The standard InChI is InChI=1S/C14H20N2O4/c1-19-13-4-2-3-11(7-13)15-14(18)8-16-5-6-20-10-12(16)9-17/h2-4,7,12,17H,5-6,8-10H2,1H3,(H,15,18). The summed E-state index contributed by atoms with van der Waals surface area (Å²) in [5.74, 6) is 0.584. The zero-order chi connectivity index (χ0) is 14.4. The molecule has 1 aliphatic heterocycles. The topological polar surface area (TPSA) is 71.0 Å². The normalized spacial score (nSPS) is 19.6. The van der Waals surface area contributed by atoms with E-state index in [1.54, 1.807) is 13.2 Å². The maximum atomic E-state index is 12.0. The van der Waals surface area contributed by atoms with Crippen LogP contribution in [0, 0.1) is 0 Å². The number of benzene rings is 1. The zero-order valence-electron chi connectivity index (χ0n) is 11.5. The van der Waals surface area contributed by atoms with Gasteiger partial charge >= 0.3 is 0 Å². The van der Waals surface area contributed by atoms with E-state index in [-0.39, 0.29) is 25.1 Å². The summed E-state index contributed by atoms with van der Waals surface area (Å²) in [5.41, 5.74) is 0.697. The van der Waals surface area contributed by atoms with Gasteiger partial charge in [0.05, 0.1) is 39.5 Å². The van der Waals surface area contributed by atoms with Crippen molar-refractivity contribution in [2.75, 3.05) is 45.3 Å². The van der Waals surface area contributed by atoms with Gasteiger partial charge in [0.25, 0.3) is 0 Å². The second kappa shape index (κ2) is 7.23. The largest absolute Gasteiger partial charge is 0.497 e. The Morgan fingerprint density at radius 1 is 1.60 bits per heavy atom. The van der Waals surface area contributed by atoms with Crippen LogP contribution in [0.1, 0.15) is 0 Å². The molecule has 110 valence electrons. The molecule has 1 fully saturated rings. The predicted molar refractivity (Wildman–Crippen MR) is 74.9 cm³/mol. The van der Waals surface area contributed by atoms with E-state index in [4.69, 9.17) is 9.47 Å². The number of morpholine rings is 1. The Bertz CT molecular complexity index is 453. The van der Waals surface area contributed by atoms with Crippen LogP contribution in [0.4, 0.5) is 5.69 Å². The minimum absolute atomic E-state index is 0.00750. The molecule has 6 heteroatoms. The lowest BCUT2D eigenvalue weighted by atomic mass is 10.2. The highest BCUT2D eigenvalue weighted by Gasteiger charge is 2.24. The number of rotatable bonds is 5. The van der Waals surface area contributed by atoms with E-state index in [1.807, 2.05) is 23.1 Å². The molecule has 20 heavy (non-hydrogen) atoms. The van der Waals surface area contributed by atoms with E-state index >= 15 is 0 Å². The second-order valence-corrected chi connectivity index (χ2v) is 4.66. The Morgan fingerprint density at radius 3 is 3.20 bits per heavy atom. The quantitative estimate of drug-likeness (QED) is 0.813. The highest BCUT2D eigenvalue weighted by atomic mass is 16.5. The van der Waals surface area contributed by atoms with E-state index in [0.717, 1.165) is 0 Å². The van der Waals surface area contributed by atoms with Crippen molar-refractivity contribution >= 4 is 11.6 Å². The number of ether oxygens (including phenoxy) is 2. The Morgan fingerprint density at radius 2 is 2.45 bits per heavy atom. The fourth-order valence-corrected chi connectivity index (χ4v) is 2.15. The van der Waals surface area contributed by atoms with E-state index in [1.165, 1.54) is 0 Å². The van der Waals surface area contributed by atoms with Gasteiger partial charge in [-0.1, -0.05) is 6.07 Å². The van der Waals surface area contributed by atoms with Gasteiger partial charge in [-0.3, -0.25) is 9.69 Å². The first-order valence-electron chi connectivity index (χ1n) is 6.59. The Hall–Kier alpha value is -1.63. The molecule has 1 unspecified atom stereocenters. The van der Waals surface area contributed by atoms with Gasteiger partial charge in [0.15, 0.2) is 0 Å². The molecule has 1 aliphatic rings. The monoisotopic (exact) mass is 280 g/mol. The number of hydrogen-bond donors (Lipinski definition) is 2. The molecule has 1 saturated heterocycles. The number of aliphatic hydroxyl groups excluding tert-OH is 1. The number of carbonyl (C=O) groups excluding carboxylic acids is 1. The van der Waals surface area contributed by atoms with Crippen molar-refractivity contribution in [1.82, 2.24) is 4.90 Å². The van der Waals surface area contributed by atoms with Crippen LogP contribution in [0.15, 0.2) is 24.3 Å². The minimum Gasteiger partial charge on any atom is -0.497 e. The van der Waals surface area contributed by atoms with Gasteiger partial charge in [-0.15, -0.1) is 0 Å². The van der Waals surface area contributed by atoms with Gasteiger partial charge in [0.1, 0.15) is 5.75 Å². The molecule has 0 bridgehead atoms. The second-order valence-electron chi connectivity index (χ2n) is 4.66. The number of anilines is 1. The summed E-state index contributed by atoms with van der Waals surface area (Å²) in [5, 5.41) is 12.1. The number of nitrogens with zero attached hydrogens (tertiary/aromatic N) is 1. The van der Waals surface area contributed by atoms with Crippen LogP contribution in [0.25, 0.3) is 0 Å². The van der Waals surface area contributed by atoms with Gasteiger partial charge in [-0.25, -0.2) is 0 Å². The summed E-state index contributed by atoms with van der Waals surface area (Å²) in [4.78, 5) is 14.0. The summed E-state index contributed by atoms with van der Waals surface area (Å²) in [7, 11) is 1.58. The zero-order valence-corrected chi connectivity index (χ0v) is 11.5. The number of amides is 1. The average Bonchev–Trinajstić information content (AvgIpc) is 2.48. The molecule has 1 aromatic carbocycles. The fourth-order valence-electron chi connectivity index (χ4n) is 2.15. The number of carbonyl (C=O) groups is 1. The van der Waals surface area contributed by atoms with Crippen LogP contribution < -0.4 is 10.1 Å². The van der Waals surface area contributed by atoms with Crippen molar-refractivity contribution in [3.63, 3.8) is 0 Å². The highest BCUT2D eigenvalue weighted by molar-refractivity contribution is 5.92. The van der Waals surface area contributed by atoms with Crippen molar-refractivity contribution in [3.05, 3.63) is 24.3 Å². The maximum Gasteiger partial charge on any atom is 0.238 e. The van der Waals surface area contributed by atoms with E-state index in [9.17, 15) is 9.90 Å².